The van der Waals surface area contributed by atoms with Crippen molar-refractivity contribution in [2.75, 3.05) is 6.61 Å². The number of aromatic nitrogens is 1. The minimum atomic E-state index is -0.413. The second-order valence-corrected chi connectivity index (χ2v) is 5.38. The van der Waals surface area contributed by atoms with E-state index in [-0.39, 0.29) is 0 Å². The fourth-order valence-corrected chi connectivity index (χ4v) is 2.21. The summed E-state index contributed by atoms with van der Waals surface area (Å²) in [5, 5.41) is 1.12. The summed E-state index contributed by atoms with van der Waals surface area (Å²) in [7, 11) is 0. The molecule has 0 aliphatic carbocycles. The highest BCUT2D eigenvalue weighted by molar-refractivity contribution is 5.86. The smallest absolute Gasteiger partial charge is 0.241 e. The highest BCUT2D eigenvalue weighted by atomic mass is 16.5. The van der Waals surface area contributed by atoms with Gasteiger partial charge in [-0.3, -0.25) is 4.79 Å². The molecule has 0 spiro atoms. The van der Waals surface area contributed by atoms with Crippen LogP contribution < -0.4 is 10.5 Å². The molecule has 23 heavy (non-hydrogen) atoms. The number of allylic oxidation sites excluding steroid dienone is 3. The largest absolute Gasteiger partial charge is 0.478 e. The highest BCUT2D eigenvalue weighted by Gasteiger charge is 1.98. The number of nitrogens with zero attached hydrogens (tertiary/aromatic N) is 1. The molecule has 120 valence electrons. The number of unbranched alkanes of at least 4 members (excludes halogenated alkanes) is 2. The first kappa shape index (κ1) is 16.7. The summed E-state index contributed by atoms with van der Waals surface area (Å²) < 4.78 is 5.69. The number of carbonyl (C=O) groups is 1. The van der Waals surface area contributed by atoms with Gasteiger partial charge in [-0.25, -0.2) is 4.98 Å². The molecule has 2 rings (SSSR count). The first-order chi connectivity index (χ1) is 11.1. The zero-order chi connectivity index (χ0) is 16.5. The molecule has 1 aromatic carbocycles. The van der Waals surface area contributed by atoms with E-state index in [0.717, 1.165) is 35.7 Å². The molecular weight excluding hydrogens is 288 g/mol. The van der Waals surface area contributed by atoms with Gasteiger partial charge in [-0.1, -0.05) is 30.4 Å². The maximum Gasteiger partial charge on any atom is 0.241 e. The Hall–Kier alpha value is -2.62. The number of hydrogen-bond donors (Lipinski definition) is 1. The van der Waals surface area contributed by atoms with E-state index in [1.165, 1.54) is 6.08 Å². The van der Waals surface area contributed by atoms with Gasteiger partial charge in [-0.05, 0) is 43.9 Å². The number of ether oxygens (including phenoxy) is 1. The van der Waals surface area contributed by atoms with Crippen molar-refractivity contribution in [1.29, 1.82) is 0 Å². The highest BCUT2D eigenvalue weighted by Crippen LogP contribution is 2.16. The lowest BCUT2D eigenvalue weighted by Crippen LogP contribution is -2.06. The summed E-state index contributed by atoms with van der Waals surface area (Å²) in [6, 6.07) is 11.9. The van der Waals surface area contributed by atoms with E-state index in [1.54, 1.807) is 0 Å². The Bertz CT molecular complexity index is 720. The van der Waals surface area contributed by atoms with Crippen molar-refractivity contribution in [3.8, 4) is 5.88 Å². The normalized spacial score (nSPS) is 12.0. The van der Waals surface area contributed by atoms with Gasteiger partial charge in [0, 0.05) is 17.5 Å². The fraction of sp³-hybridized carbons (Fsp3) is 0.263. The summed E-state index contributed by atoms with van der Waals surface area (Å²) in [5.74, 6) is 0.253. The Morgan fingerprint density at radius 3 is 2.87 bits per heavy atom. The molecule has 0 atom stereocenters. The number of para-hydroxylation sites is 1. The fourth-order valence-electron chi connectivity index (χ4n) is 2.21. The molecule has 0 aliphatic heterocycles. The molecule has 0 unspecified atom stereocenters. The van der Waals surface area contributed by atoms with Gasteiger partial charge in [0.2, 0.25) is 11.8 Å². The number of fused-ring (bicyclic) bond motifs is 1. The van der Waals surface area contributed by atoms with Crippen LogP contribution in [0.4, 0.5) is 0 Å². The Morgan fingerprint density at radius 2 is 2.04 bits per heavy atom. The average molecular weight is 310 g/mol. The lowest BCUT2D eigenvalue weighted by atomic mass is 10.2. The number of primary amides is 1. The molecule has 2 N–H and O–H groups in total. The molecule has 0 aliphatic rings. The first-order valence-corrected chi connectivity index (χ1v) is 7.78. The topological polar surface area (TPSA) is 65.2 Å². The lowest BCUT2D eigenvalue weighted by molar-refractivity contribution is -0.113. The molecule has 1 amide bonds. The SMILES string of the molecule is CC(/C=C/CCCCOc1ccc2ccccc2n1)=C\C(N)=O. The molecule has 1 aromatic heterocycles. The van der Waals surface area contributed by atoms with Crippen molar-refractivity contribution in [1.82, 2.24) is 4.98 Å². The third-order valence-corrected chi connectivity index (χ3v) is 3.34. The number of rotatable bonds is 8. The van der Waals surface area contributed by atoms with Crippen LogP contribution in [0.2, 0.25) is 0 Å². The number of hydrogen-bond acceptors (Lipinski definition) is 3. The predicted molar refractivity (Wildman–Crippen MR) is 93.2 cm³/mol. The van der Waals surface area contributed by atoms with Gasteiger partial charge in [0.1, 0.15) is 0 Å². The Balaban J connectivity index is 1.69. The molecule has 0 saturated carbocycles. The number of carbonyl (C=O) groups excluding carboxylic acids is 1. The molecule has 4 heteroatoms. The van der Waals surface area contributed by atoms with E-state index in [9.17, 15) is 4.79 Å². The minimum Gasteiger partial charge on any atom is -0.478 e. The number of pyridine rings is 1. The Morgan fingerprint density at radius 1 is 1.22 bits per heavy atom. The number of amides is 1. The third-order valence-electron chi connectivity index (χ3n) is 3.34. The average Bonchev–Trinajstić information content (AvgIpc) is 2.53. The van der Waals surface area contributed by atoms with Crippen LogP contribution in [0.15, 0.2) is 60.2 Å². The summed E-state index contributed by atoms with van der Waals surface area (Å²) in [6.45, 7) is 2.51. The molecule has 0 saturated heterocycles. The summed E-state index contributed by atoms with van der Waals surface area (Å²) in [5.41, 5.74) is 6.90. The molecule has 2 aromatic rings. The van der Waals surface area contributed by atoms with E-state index < -0.39 is 5.91 Å². The van der Waals surface area contributed by atoms with E-state index in [0.29, 0.717) is 12.5 Å². The van der Waals surface area contributed by atoms with Crippen molar-refractivity contribution in [2.45, 2.75) is 26.2 Å². The summed E-state index contributed by atoms with van der Waals surface area (Å²) in [4.78, 5) is 15.2. The van der Waals surface area contributed by atoms with Crippen LogP contribution in [0.3, 0.4) is 0 Å². The van der Waals surface area contributed by atoms with Crippen molar-refractivity contribution in [2.24, 2.45) is 5.73 Å². The second kappa shape index (κ2) is 8.73. The standard InChI is InChI=1S/C19H22N2O2/c1-15(14-18(20)22)8-4-2-3-7-13-23-19-12-11-16-9-5-6-10-17(16)21-19/h4-6,8-12,14H,2-3,7,13H2,1H3,(H2,20,22)/b8-4+,15-14+. The zero-order valence-electron chi connectivity index (χ0n) is 13.4. The van der Waals surface area contributed by atoms with Crippen LogP contribution in [0.25, 0.3) is 10.9 Å². The molecule has 0 bridgehead atoms. The molecule has 4 nitrogen and oxygen atoms in total. The van der Waals surface area contributed by atoms with Crippen LogP contribution >= 0.6 is 0 Å². The third kappa shape index (κ3) is 5.94. The predicted octanol–water partition coefficient (Wildman–Crippen LogP) is 3.77. The Kier molecular flexibility index (Phi) is 6.36. The van der Waals surface area contributed by atoms with Crippen molar-refractivity contribution < 1.29 is 9.53 Å². The maximum atomic E-state index is 10.7. The second-order valence-electron chi connectivity index (χ2n) is 5.38. The van der Waals surface area contributed by atoms with E-state index in [2.05, 4.69) is 4.98 Å². The molecule has 0 radical (unpaired) electrons. The van der Waals surface area contributed by atoms with Gasteiger partial charge >= 0.3 is 0 Å². The summed E-state index contributed by atoms with van der Waals surface area (Å²) >= 11 is 0. The lowest BCUT2D eigenvalue weighted by Gasteiger charge is -2.05. The molecule has 0 fully saturated rings. The van der Waals surface area contributed by atoms with Crippen LogP contribution in [-0.2, 0) is 4.79 Å². The van der Waals surface area contributed by atoms with Gasteiger partial charge in [0.05, 0.1) is 12.1 Å². The molecular formula is C19H22N2O2. The summed E-state index contributed by atoms with van der Waals surface area (Å²) in [6.07, 6.45) is 8.30. The first-order valence-electron chi connectivity index (χ1n) is 7.78. The number of benzene rings is 1. The van der Waals surface area contributed by atoms with E-state index in [4.69, 9.17) is 10.5 Å². The Labute approximate surface area is 136 Å². The van der Waals surface area contributed by atoms with Crippen molar-refractivity contribution >= 4 is 16.8 Å². The van der Waals surface area contributed by atoms with Gasteiger partial charge in [0.15, 0.2) is 0 Å². The number of nitrogens with two attached hydrogens (primary N) is 1. The quantitative estimate of drug-likeness (QED) is 0.458. The van der Waals surface area contributed by atoms with Gasteiger partial charge < -0.3 is 10.5 Å². The zero-order valence-corrected chi connectivity index (χ0v) is 13.4. The van der Waals surface area contributed by atoms with Crippen LogP contribution in [-0.4, -0.2) is 17.5 Å². The van der Waals surface area contributed by atoms with Gasteiger partial charge in [-0.2, -0.15) is 0 Å². The van der Waals surface area contributed by atoms with Crippen LogP contribution in [0.5, 0.6) is 5.88 Å². The molecule has 1 heterocycles. The minimum absolute atomic E-state index is 0.413. The monoisotopic (exact) mass is 310 g/mol. The van der Waals surface area contributed by atoms with Crippen LogP contribution in [0, 0.1) is 0 Å². The maximum absolute atomic E-state index is 10.7. The van der Waals surface area contributed by atoms with E-state index >= 15 is 0 Å². The van der Waals surface area contributed by atoms with E-state index in [1.807, 2.05) is 55.5 Å². The van der Waals surface area contributed by atoms with Crippen molar-refractivity contribution in [3.63, 3.8) is 0 Å². The van der Waals surface area contributed by atoms with Crippen molar-refractivity contribution in [3.05, 3.63) is 60.2 Å². The van der Waals surface area contributed by atoms with Gasteiger partial charge in [0.25, 0.3) is 0 Å². The van der Waals surface area contributed by atoms with Gasteiger partial charge in [-0.15, -0.1) is 0 Å². The van der Waals surface area contributed by atoms with Crippen LogP contribution in [0.1, 0.15) is 26.2 Å².